The molecule has 11 heteroatoms. The Morgan fingerprint density at radius 1 is 0.941 bits per heavy atom. The minimum absolute atomic E-state index is 0.373. The summed E-state index contributed by atoms with van der Waals surface area (Å²) in [6.07, 6.45) is -14.5. The average Bonchev–Trinajstić information content (AvgIpc) is 1.96. The lowest BCUT2D eigenvalue weighted by atomic mass is 10.3. The van der Waals surface area contributed by atoms with Crippen molar-refractivity contribution in [1.82, 2.24) is 4.90 Å². The molecule has 0 rings (SSSR count). The van der Waals surface area contributed by atoms with E-state index in [4.69, 9.17) is 0 Å². The third-order valence-electron chi connectivity index (χ3n) is 1.42. The monoisotopic (exact) mass is 275 g/mol. The first-order chi connectivity index (χ1) is 7.43. The fraction of sp³-hybridized carbons (Fsp3) is 0.833. The van der Waals surface area contributed by atoms with Gasteiger partial charge in [-0.2, -0.15) is 35.1 Å². The van der Waals surface area contributed by atoms with Gasteiger partial charge in [0.05, 0.1) is 13.0 Å². The molecule has 0 aromatic rings. The second-order valence-corrected chi connectivity index (χ2v) is 2.65. The number of carbonyl (C=O) groups excluding carboxylic acids is 1. The second kappa shape index (κ2) is 5.02. The Kier molecular flexibility index (Phi) is 4.69. The summed E-state index contributed by atoms with van der Waals surface area (Å²) in [6.45, 7) is -1.65. The molecule has 0 heterocycles. The molecule has 0 saturated carbocycles. The molecule has 0 aliphatic carbocycles. The zero-order valence-electron chi connectivity index (χ0n) is 7.78. The largest absolute Gasteiger partial charge is 0.471 e. The maximum Gasteiger partial charge on any atom is 0.471 e. The first-order valence-electron chi connectivity index (χ1n) is 3.80. The predicted molar refractivity (Wildman–Crippen MR) is 35.5 cm³/mol. The Bertz CT molecular complexity index is 246. The van der Waals surface area contributed by atoms with Crippen molar-refractivity contribution in [2.24, 2.45) is 0 Å². The summed E-state index contributed by atoms with van der Waals surface area (Å²) in [5.74, 6) is 0. The van der Waals surface area contributed by atoms with Crippen LogP contribution in [0.3, 0.4) is 0 Å². The van der Waals surface area contributed by atoms with Crippen molar-refractivity contribution < 1.29 is 44.7 Å². The smallest absolute Gasteiger partial charge is 0.468 e. The Hall–Kier alpha value is -1.13. The number of alkyl halides is 8. The van der Waals surface area contributed by atoms with Gasteiger partial charge in [-0.1, -0.05) is 4.90 Å². The number of ether oxygens (including phenoxy) is 1. The SMILES string of the molecule is O=COCCC(F)(F)N(C(F)(F)F)C(F)(F)F. The molecule has 0 atom stereocenters. The van der Waals surface area contributed by atoms with Crippen LogP contribution in [-0.2, 0) is 9.53 Å². The summed E-state index contributed by atoms with van der Waals surface area (Å²) in [5, 5.41) is 0. The van der Waals surface area contributed by atoms with Gasteiger partial charge in [-0.05, 0) is 0 Å². The zero-order chi connectivity index (χ0) is 13.9. The first kappa shape index (κ1) is 15.9. The first-order valence-corrected chi connectivity index (χ1v) is 3.80. The standard InChI is InChI=1S/C6H5F8NO2/c7-4(8,1-2-17-3-16)15(5(9,10)11)6(12,13)14/h3H,1-2H2. The Morgan fingerprint density at radius 2 is 1.35 bits per heavy atom. The maximum absolute atomic E-state index is 12.7. The van der Waals surface area contributed by atoms with Crippen LogP contribution in [0.15, 0.2) is 0 Å². The minimum atomic E-state index is -6.30. The fourth-order valence-electron chi connectivity index (χ4n) is 0.856. The number of halogens is 8. The number of hydrogen-bond acceptors (Lipinski definition) is 3. The van der Waals surface area contributed by atoms with Gasteiger partial charge in [0.15, 0.2) is 0 Å². The molecule has 102 valence electrons. The van der Waals surface area contributed by atoms with Crippen LogP contribution in [0, 0.1) is 0 Å². The molecular weight excluding hydrogens is 270 g/mol. The lowest BCUT2D eigenvalue weighted by Crippen LogP contribution is -2.58. The van der Waals surface area contributed by atoms with Gasteiger partial charge in [-0.3, -0.25) is 4.79 Å². The third kappa shape index (κ3) is 4.71. The van der Waals surface area contributed by atoms with Crippen molar-refractivity contribution in [3.8, 4) is 0 Å². The van der Waals surface area contributed by atoms with E-state index >= 15 is 0 Å². The molecule has 0 aliphatic rings. The topological polar surface area (TPSA) is 29.5 Å². The van der Waals surface area contributed by atoms with E-state index < -0.39 is 36.6 Å². The Morgan fingerprint density at radius 3 is 1.65 bits per heavy atom. The maximum atomic E-state index is 12.7. The summed E-state index contributed by atoms with van der Waals surface area (Å²) < 4.78 is 100. The van der Waals surface area contributed by atoms with Crippen molar-refractivity contribution in [1.29, 1.82) is 0 Å². The predicted octanol–water partition coefficient (Wildman–Crippen LogP) is 2.48. The van der Waals surface area contributed by atoms with Gasteiger partial charge < -0.3 is 4.74 Å². The highest BCUT2D eigenvalue weighted by Gasteiger charge is 2.65. The van der Waals surface area contributed by atoms with E-state index in [0.29, 0.717) is 0 Å². The van der Waals surface area contributed by atoms with Crippen LogP contribution in [0.25, 0.3) is 0 Å². The van der Waals surface area contributed by atoms with Crippen LogP contribution in [0.5, 0.6) is 0 Å². The molecule has 0 saturated heterocycles. The minimum Gasteiger partial charge on any atom is -0.468 e. The number of carbonyl (C=O) groups is 1. The number of rotatable bonds is 5. The van der Waals surface area contributed by atoms with Crippen molar-refractivity contribution in [2.75, 3.05) is 6.61 Å². The molecule has 0 aliphatic heterocycles. The summed E-state index contributed by atoms with van der Waals surface area (Å²) in [4.78, 5) is 6.68. The van der Waals surface area contributed by atoms with Crippen molar-refractivity contribution in [2.45, 2.75) is 25.1 Å². The van der Waals surface area contributed by atoms with Crippen LogP contribution >= 0.6 is 0 Å². The lowest BCUT2D eigenvalue weighted by Gasteiger charge is -2.33. The highest BCUT2D eigenvalue weighted by molar-refractivity contribution is 5.36. The summed E-state index contributed by atoms with van der Waals surface area (Å²) in [6, 6.07) is -5.26. The normalized spacial score (nSPS) is 13.9. The van der Waals surface area contributed by atoms with Crippen LogP contribution in [-0.4, -0.2) is 36.6 Å². The molecule has 0 spiro atoms. The Labute approximate surface area is 88.9 Å². The van der Waals surface area contributed by atoms with E-state index in [2.05, 4.69) is 4.74 Å². The second-order valence-electron chi connectivity index (χ2n) is 2.65. The molecule has 0 aromatic heterocycles. The van der Waals surface area contributed by atoms with Gasteiger partial charge >= 0.3 is 18.6 Å². The van der Waals surface area contributed by atoms with Gasteiger partial charge in [0.25, 0.3) is 6.47 Å². The van der Waals surface area contributed by atoms with E-state index in [-0.39, 0.29) is 6.47 Å². The summed E-state index contributed by atoms with van der Waals surface area (Å²) in [5.41, 5.74) is 0. The van der Waals surface area contributed by atoms with Crippen LogP contribution in [0.1, 0.15) is 6.42 Å². The van der Waals surface area contributed by atoms with E-state index in [1.807, 2.05) is 0 Å². The average molecular weight is 275 g/mol. The van der Waals surface area contributed by atoms with E-state index in [1.54, 1.807) is 0 Å². The van der Waals surface area contributed by atoms with Crippen LogP contribution < -0.4 is 0 Å². The molecule has 0 aromatic carbocycles. The van der Waals surface area contributed by atoms with Crippen molar-refractivity contribution in [3.05, 3.63) is 0 Å². The molecule has 17 heavy (non-hydrogen) atoms. The lowest BCUT2D eigenvalue weighted by molar-refractivity contribution is -0.440. The summed E-state index contributed by atoms with van der Waals surface area (Å²) in [7, 11) is 0. The van der Waals surface area contributed by atoms with Crippen molar-refractivity contribution in [3.63, 3.8) is 0 Å². The molecule has 0 fully saturated rings. The van der Waals surface area contributed by atoms with Gasteiger partial charge in [-0.25, -0.2) is 0 Å². The number of nitrogens with zero attached hydrogens (tertiary/aromatic N) is 1. The van der Waals surface area contributed by atoms with Crippen LogP contribution in [0.2, 0.25) is 0 Å². The fourth-order valence-corrected chi connectivity index (χ4v) is 0.856. The van der Waals surface area contributed by atoms with Gasteiger partial charge in [-0.15, -0.1) is 0 Å². The third-order valence-corrected chi connectivity index (χ3v) is 1.42. The highest BCUT2D eigenvalue weighted by atomic mass is 19.4. The quantitative estimate of drug-likeness (QED) is 0.334. The van der Waals surface area contributed by atoms with Crippen molar-refractivity contribution >= 4 is 6.47 Å². The molecule has 3 nitrogen and oxygen atoms in total. The summed E-state index contributed by atoms with van der Waals surface area (Å²) >= 11 is 0. The Balaban J connectivity index is 4.97. The van der Waals surface area contributed by atoms with Gasteiger partial charge in [0.1, 0.15) is 0 Å². The molecule has 0 amide bonds. The highest BCUT2D eigenvalue weighted by Crippen LogP contribution is 2.42. The molecule has 0 bridgehead atoms. The molecule has 0 N–H and O–H groups in total. The number of hydrogen-bond donors (Lipinski definition) is 0. The molecule has 0 radical (unpaired) electrons. The molecular formula is C6H5F8NO2. The van der Waals surface area contributed by atoms with Gasteiger partial charge in [0, 0.05) is 0 Å². The van der Waals surface area contributed by atoms with Gasteiger partial charge in [0.2, 0.25) is 0 Å². The van der Waals surface area contributed by atoms with Crippen LogP contribution in [0.4, 0.5) is 35.1 Å². The van der Waals surface area contributed by atoms with E-state index in [0.717, 1.165) is 0 Å². The molecule has 0 unspecified atom stereocenters. The zero-order valence-corrected chi connectivity index (χ0v) is 7.78. The van der Waals surface area contributed by atoms with E-state index in [9.17, 15) is 39.9 Å². The van der Waals surface area contributed by atoms with E-state index in [1.165, 1.54) is 0 Å².